The van der Waals surface area contributed by atoms with Gasteiger partial charge >= 0.3 is 0 Å². The number of methoxy groups -OCH3 is 1. The highest BCUT2D eigenvalue weighted by molar-refractivity contribution is 6.07. The van der Waals surface area contributed by atoms with Crippen LogP contribution in [0.4, 0.5) is 14.5 Å². The van der Waals surface area contributed by atoms with Gasteiger partial charge in [0.2, 0.25) is 5.43 Å². The van der Waals surface area contributed by atoms with Crippen molar-refractivity contribution in [2.75, 3.05) is 52.4 Å². The Morgan fingerprint density at radius 1 is 0.782 bits per heavy atom. The summed E-state index contributed by atoms with van der Waals surface area (Å²) in [6.07, 6.45) is 7.65. The molecule has 5 aromatic rings. The van der Waals surface area contributed by atoms with Crippen LogP contribution in [-0.2, 0) is 6.54 Å². The number of rotatable bonds is 19. The zero-order valence-corrected chi connectivity index (χ0v) is 34.0. The van der Waals surface area contributed by atoms with Crippen LogP contribution in [0.2, 0.25) is 0 Å². The maximum Gasteiger partial charge on any atom is 0.263 e. The molecule has 1 aromatic heterocycles. The van der Waals surface area contributed by atoms with Gasteiger partial charge < -0.3 is 45.1 Å². The number of amides is 1. The first-order valence-electron chi connectivity index (χ1n) is 18.8. The molecule has 0 aliphatic heterocycles. The molecule has 0 aliphatic carbocycles. The topological polar surface area (TPSA) is 70.0 Å². The average Bonchev–Trinajstić information content (AvgIpc) is 3.15. The summed E-state index contributed by atoms with van der Waals surface area (Å²) in [7, 11) is 6.12. The number of nitrogens with zero attached hydrogens (tertiary/aromatic N) is 3. The van der Waals surface area contributed by atoms with Crippen molar-refractivity contribution >= 4 is 22.5 Å². The zero-order valence-electron chi connectivity index (χ0n) is 32.5. The normalized spacial score (nSPS) is 11.3. The van der Waals surface area contributed by atoms with Crippen LogP contribution in [0.5, 0.6) is 17.2 Å². The Balaban J connectivity index is 0.00000673. The number of carbonyl (C=O) groups is 1. The predicted octanol–water partition coefficient (Wildman–Crippen LogP) is 6.34. The van der Waals surface area contributed by atoms with E-state index in [4.69, 9.17) is 14.2 Å². The summed E-state index contributed by atoms with van der Waals surface area (Å²) >= 11 is 0. The van der Waals surface area contributed by atoms with Crippen LogP contribution in [0.15, 0.2) is 95.9 Å². The first-order chi connectivity index (χ1) is 26.0. The Morgan fingerprint density at radius 3 is 2.15 bits per heavy atom. The van der Waals surface area contributed by atoms with E-state index in [1.165, 1.54) is 16.7 Å². The third-order valence-corrected chi connectivity index (χ3v) is 9.41. The van der Waals surface area contributed by atoms with Gasteiger partial charge in [0.25, 0.3) is 5.91 Å². The molecule has 0 unspecified atom stereocenters. The molecule has 8 nitrogen and oxygen atoms in total. The number of ether oxygens (including phenoxy) is 3. The molecule has 1 heterocycles. The second kappa shape index (κ2) is 20.3. The number of fused-ring (bicyclic) bond motifs is 1. The second-order valence-corrected chi connectivity index (χ2v) is 14.2. The Hall–Kier alpha value is -4.74. The van der Waals surface area contributed by atoms with Crippen LogP contribution in [0.1, 0.15) is 68.3 Å². The number of halogens is 3. The molecule has 5 rings (SSSR count). The number of anilines is 1. The molecule has 0 fully saturated rings. The maximum atomic E-state index is 14.2. The highest BCUT2D eigenvalue weighted by Crippen LogP contribution is 2.30. The van der Waals surface area contributed by atoms with Gasteiger partial charge in [-0.25, -0.2) is 8.78 Å². The van der Waals surface area contributed by atoms with Gasteiger partial charge in [0.05, 0.1) is 52.2 Å². The molecule has 0 N–H and O–H groups in total. The van der Waals surface area contributed by atoms with Crippen molar-refractivity contribution in [3.05, 3.63) is 124 Å². The summed E-state index contributed by atoms with van der Waals surface area (Å²) in [6, 6.07) is 24.0. The molecule has 0 aliphatic rings. The van der Waals surface area contributed by atoms with Crippen LogP contribution < -0.4 is 41.5 Å². The summed E-state index contributed by atoms with van der Waals surface area (Å²) in [4.78, 5) is 29.2. The Labute approximate surface area is 333 Å². The third-order valence-electron chi connectivity index (χ3n) is 9.41. The zero-order chi connectivity index (χ0) is 38.7. The fourth-order valence-corrected chi connectivity index (χ4v) is 6.68. The molecule has 0 radical (unpaired) electrons. The summed E-state index contributed by atoms with van der Waals surface area (Å²) in [5.74, 6) is -0.669. The molecule has 4 aromatic carbocycles. The number of hydrogen-bond donors (Lipinski definition) is 0. The number of aromatic nitrogens is 1. The molecule has 294 valence electrons. The Kier molecular flexibility index (Phi) is 15.8. The fraction of sp³-hybridized carbons (Fsp3) is 0.364. The molecule has 1 amide bonds. The standard InChI is InChI=1S/C44H52F2N3O5.BrH/c1-6-21-53-39-27-36(26-38(28-39)52-5)48-30-41(44(51)47(7-2)35-24-33(45)23-34(46)25-35)43(50)40-19-18-37(29-42(40)48)54-22-15-10-8-9-14-20-49(3,4)31-32-16-12-11-13-17-32;/h11-13,16-19,23-30H,6-10,14-15,20-22,31H2,1-5H3;1H/q+1;/p-1. The summed E-state index contributed by atoms with van der Waals surface area (Å²) in [5, 5.41) is 0.280. The lowest BCUT2D eigenvalue weighted by molar-refractivity contribution is -0.903. The lowest BCUT2D eigenvalue weighted by Crippen LogP contribution is -3.00. The van der Waals surface area contributed by atoms with E-state index < -0.39 is 23.0 Å². The van der Waals surface area contributed by atoms with E-state index in [0.717, 1.165) is 74.3 Å². The van der Waals surface area contributed by atoms with Crippen molar-refractivity contribution in [3.8, 4) is 22.9 Å². The van der Waals surface area contributed by atoms with Gasteiger partial charge in [0, 0.05) is 59.7 Å². The van der Waals surface area contributed by atoms with Gasteiger partial charge in [-0.1, -0.05) is 50.1 Å². The van der Waals surface area contributed by atoms with Gasteiger partial charge in [0.1, 0.15) is 41.0 Å². The van der Waals surface area contributed by atoms with Crippen LogP contribution >= 0.6 is 0 Å². The largest absolute Gasteiger partial charge is 1.00 e. The number of pyridine rings is 1. The monoisotopic (exact) mass is 819 g/mol. The van der Waals surface area contributed by atoms with Crippen molar-refractivity contribution in [3.63, 3.8) is 0 Å². The van der Waals surface area contributed by atoms with Crippen LogP contribution in [-0.4, -0.2) is 62.5 Å². The van der Waals surface area contributed by atoms with E-state index in [1.807, 2.05) is 13.0 Å². The predicted molar refractivity (Wildman–Crippen MR) is 211 cm³/mol. The van der Waals surface area contributed by atoms with E-state index in [0.29, 0.717) is 41.7 Å². The van der Waals surface area contributed by atoms with Crippen molar-refractivity contribution in [1.29, 1.82) is 0 Å². The molecule has 55 heavy (non-hydrogen) atoms. The van der Waals surface area contributed by atoms with Gasteiger partial charge in [-0.05, 0) is 56.9 Å². The number of benzene rings is 4. The number of unbranched alkanes of at least 4 members (excludes halogenated alkanes) is 4. The number of quaternary nitrogens is 1. The average molecular weight is 821 g/mol. The van der Waals surface area contributed by atoms with Crippen molar-refractivity contribution in [2.45, 2.75) is 58.9 Å². The first-order valence-corrected chi connectivity index (χ1v) is 18.8. The minimum absolute atomic E-state index is 0. The lowest BCUT2D eigenvalue weighted by atomic mass is 10.1. The van der Waals surface area contributed by atoms with Gasteiger partial charge in [0.15, 0.2) is 0 Å². The van der Waals surface area contributed by atoms with Crippen LogP contribution in [0, 0.1) is 11.6 Å². The second-order valence-electron chi connectivity index (χ2n) is 14.2. The molecular weight excluding hydrogens is 768 g/mol. The van der Waals surface area contributed by atoms with E-state index in [-0.39, 0.29) is 40.2 Å². The molecule has 0 atom stereocenters. The quantitative estimate of drug-likeness (QED) is 0.0719. The molecule has 11 heteroatoms. The van der Waals surface area contributed by atoms with Crippen LogP contribution in [0.3, 0.4) is 0 Å². The number of carbonyl (C=O) groups excluding carboxylic acids is 1. The highest BCUT2D eigenvalue weighted by Gasteiger charge is 2.24. The molecule has 0 saturated carbocycles. The van der Waals surface area contributed by atoms with E-state index in [9.17, 15) is 18.4 Å². The highest BCUT2D eigenvalue weighted by atomic mass is 79.9. The van der Waals surface area contributed by atoms with E-state index in [1.54, 1.807) is 48.9 Å². The van der Waals surface area contributed by atoms with Crippen molar-refractivity contribution < 1.29 is 49.3 Å². The fourth-order valence-electron chi connectivity index (χ4n) is 6.68. The Morgan fingerprint density at radius 2 is 1.45 bits per heavy atom. The van der Waals surface area contributed by atoms with E-state index >= 15 is 0 Å². The molecule has 0 saturated heterocycles. The van der Waals surface area contributed by atoms with Crippen molar-refractivity contribution in [2.24, 2.45) is 0 Å². The summed E-state index contributed by atoms with van der Waals surface area (Å²) < 4.78 is 48.8. The van der Waals surface area contributed by atoms with E-state index in [2.05, 4.69) is 44.4 Å². The molecule has 0 spiro atoms. The molecule has 0 bridgehead atoms. The first kappa shape index (κ1) is 43.0. The van der Waals surface area contributed by atoms with Crippen molar-refractivity contribution in [1.82, 2.24) is 4.57 Å². The number of hydrogen-bond acceptors (Lipinski definition) is 5. The molecular formula is C44H52BrF2N3O5. The maximum absolute atomic E-state index is 14.2. The third kappa shape index (κ3) is 11.6. The van der Waals surface area contributed by atoms with Gasteiger partial charge in [-0.3, -0.25) is 9.59 Å². The van der Waals surface area contributed by atoms with Gasteiger partial charge in [-0.2, -0.15) is 0 Å². The lowest BCUT2D eigenvalue weighted by Gasteiger charge is -2.30. The van der Waals surface area contributed by atoms with Crippen LogP contribution in [0.25, 0.3) is 16.6 Å². The minimum Gasteiger partial charge on any atom is -1.00 e. The smallest absolute Gasteiger partial charge is 0.263 e. The SMILES string of the molecule is CCCOc1cc(OC)cc(-n2cc(C(=O)N(CC)c3cc(F)cc(F)c3)c(=O)c3ccc(OCCCCCCC[N+](C)(C)Cc4ccccc4)cc32)c1.[Br-]. The summed E-state index contributed by atoms with van der Waals surface area (Å²) in [6.45, 7) is 6.91. The minimum atomic E-state index is -0.825. The Bertz CT molecular complexity index is 2070. The summed E-state index contributed by atoms with van der Waals surface area (Å²) in [5.41, 5.74) is 1.79. The van der Waals surface area contributed by atoms with Gasteiger partial charge in [-0.15, -0.1) is 0 Å².